The summed E-state index contributed by atoms with van der Waals surface area (Å²) in [5.41, 5.74) is 0. The van der Waals surface area contributed by atoms with Crippen LogP contribution < -0.4 is 0 Å². The van der Waals surface area contributed by atoms with Crippen molar-refractivity contribution in [3.05, 3.63) is 0 Å². The Labute approximate surface area is 69.0 Å². The fraction of sp³-hybridized carbons (Fsp3) is 0.667. The first-order valence-electron chi connectivity index (χ1n) is 1.76. The predicted molar refractivity (Wildman–Crippen MR) is 38.2 cm³/mol. The second kappa shape index (κ2) is 4.58. The van der Waals surface area contributed by atoms with Gasteiger partial charge in [0.1, 0.15) is 11.9 Å². The van der Waals surface area contributed by atoms with Gasteiger partial charge in [-0.3, -0.25) is 4.79 Å². The molecule has 0 amide bonds. The Morgan fingerprint density at radius 3 is 2.38 bits per heavy atom. The van der Waals surface area contributed by atoms with E-state index in [1.54, 1.807) is 0 Å². The van der Waals surface area contributed by atoms with Crippen LogP contribution in [0.2, 0.25) is 0 Å². The average Bonchev–Trinajstić information content (AvgIpc) is 1.65. The Balaban J connectivity index is 3.25. The van der Waals surface area contributed by atoms with E-state index in [9.17, 15) is 4.79 Å². The molecule has 0 aromatic heterocycles. The van der Waals surface area contributed by atoms with Gasteiger partial charge in [-0.25, -0.2) is 0 Å². The zero-order valence-corrected chi connectivity index (χ0v) is 7.66. The Morgan fingerprint density at radius 1 is 1.75 bits per heavy atom. The van der Waals surface area contributed by atoms with Crippen LogP contribution in [0.1, 0.15) is 6.42 Å². The van der Waals surface area contributed by atoms with Gasteiger partial charge in [-0.2, -0.15) is 0 Å². The molecular weight excluding hydrogens is 263 g/mol. The van der Waals surface area contributed by atoms with Crippen molar-refractivity contribution < 1.29 is 9.08 Å². The largest absolute Gasteiger partial charge is 0.348 e. The maximum Gasteiger partial charge on any atom is 0.326 e. The molecule has 0 fully saturated rings. The Hall–Kier alpha value is 0.720. The van der Waals surface area contributed by atoms with Crippen LogP contribution in [0.15, 0.2) is 0 Å². The standard InChI is InChI=1S/C3H3Br2ClO2/c4-2(5)1-3(7)8-6/h2H,1H2. The number of hydrogen-bond acceptors (Lipinski definition) is 2. The monoisotopic (exact) mass is 264 g/mol. The summed E-state index contributed by atoms with van der Waals surface area (Å²) < 4.78 is 3.78. The second-order valence-electron chi connectivity index (χ2n) is 1.04. The first-order chi connectivity index (χ1) is 3.66. The zero-order valence-electron chi connectivity index (χ0n) is 3.73. The smallest absolute Gasteiger partial charge is 0.326 e. The van der Waals surface area contributed by atoms with Crippen LogP contribution in [0, 0.1) is 0 Å². The van der Waals surface area contributed by atoms with Gasteiger partial charge in [-0.05, 0) is 0 Å². The molecule has 0 unspecified atom stereocenters. The van der Waals surface area contributed by atoms with Gasteiger partial charge in [0.25, 0.3) is 0 Å². The summed E-state index contributed by atoms with van der Waals surface area (Å²) in [6.07, 6.45) is 0.226. The Morgan fingerprint density at radius 2 is 2.25 bits per heavy atom. The van der Waals surface area contributed by atoms with Crippen LogP contribution in [0.3, 0.4) is 0 Å². The van der Waals surface area contributed by atoms with Gasteiger partial charge in [-0.15, -0.1) is 0 Å². The van der Waals surface area contributed by atoms with Crippen LogP contribution in [-0.2, 0) is 9.08 Å². The summed E-state index contributed by atoms with van der Waals surface area (Å²) >= 11 is 10.9. The first kappa shape index (κ1) is 8.72. The minimum atomic E-state index is -0.453. The van der Waals surface area contributed by atoms with Crippen LogP contribution in [0.25, 0.3) is 0 Å². The number of halogens is 3. The molecule has 0 N–H and O–H groups in total. The quantitative estimate of drug-likeness (QED) is 0.716. The van der Waals surface area contributed by atoms with Crippen LogP contribution in [0.4, 0.5) is 0 Å². The molecule has 0 rings (SSSR count). The molecule has 0 bridgehead atoms. The van der Waals surface area contributed by atoms with Crippen molar-refractivity contribution in [3.8, 4) is 0 Å². The summed E-state index contributed by atoms with van der Waals surface area (Å²) in [7, 11) is 0. The van der Waals surface area contributed by atoms with Gasteiger partial charge in [0, 0.05) is 0 Å². The summed E-state index contributed by atoms with van der Waals surface area (Å²) in [6.45, 7) is 0. The van der Waals surface area contributed by atoms with Crippen molar-refractivity contribution >= 4 is 49.7 Å². The summed E-state index contributed by atoms with van der Waals surface area (Å²) in [5.74, 6) is -0.453. The molecule has 0 heterocycles. The lowest BCUT2D eigenvalue weighted by Gasteiger charge is -1.93. The van der Waals surface area contributed by atoms with Crippen molar-refractivity contribution in [1.82, 2.24) is 0 Å². The third kappa shape index (κ3) is 4.87. The molecule has 0 saturated heterocycles. The second-order valence-corrected chi connectivity index (χ2v) is 4.64. The highest BCUT2D eigenvalue weighted by Crippen LogP contribution is 2.13. The van der Waals surface area contributed by atoms with Gasteiger partial charge in [-0.1, -0.05) is 31.9 Å². The van der Waals surface area contributed by atoms with Crippen LogP contribution >= 0.6 is 43.7 Å². The molecule has 48 valence electrons. The van der Waals surface area contributed by atoms with E-state index in [4.69, 9.17) is 11.9 Å². The number of carbonyl (C=O) groups is 1. The molecule has 0 aliphatic rings. The van der Waals surface area contributed by atoms with E-state index in [1.807, 2.05) is 0 Å². The maximum absolute atomic E-state index is 10.2. The van der Waals surface area contributed by atoms with E-state index in [1.165, 1.54) is 0 Å². The fourth-order valence-electron chi connectivity index (χ4n) is 0.157. The first-order valence-corrected chi connectivity index (χ1v) is 3.90. The maximum atomic E-state index is 10.2. The molecule has 0 spiro atoms. The van der Waals surface area contributed by atoms with Gasteiger partial charge in [0.05, 0.1) is 10.2 Å². The van der Waals surface area contributed by atoms with Gasteiger partial charge < -0.3 is 4.29 Å². The summed E-state index contributed by atoms with van der Waals surface area (Å²) in [6, 6.07) is 0. The molecule has 0 aromatic carbocycles. The lowest BCUT2D eigenvalue weighted by Crippen LogP contribution is -2.00. The van der Waals surface area contributed by atoms with Crippen molar-refractivity contribution in [1.29, 1.82) is 0 Å². The molecule has 2 nitrogen and oxygen atoms in total. The predicted octanol–water partition coefficient (Wildman–Crippen LogP) is 2.19. The van der Waals surface area contributed by atoms with Gasteiger partial charge in [0.15, 0.2) is 0 Å². The van der Waals surface area contributed by atoms with Gasteiger partial charge >= 0.3 is 5.97 Å². The zero-order chi connectivity index (χ0) is 6.57. The van der Waals surface area contributed by atoms with E-state index < -0.39 is 5.97 Å². The normalized spacial score (nSPS) is 9.50. The summed E-state index contributed by atoms with van der Waals surface area (Å²) in [5, 5.41) is 0. The van der Waals surface area contributed by atoms with Crippen LogP contribution in [-0.4, -0.2) is 9.71 Å². The third-order valence-electron chi connectivity index (χ3n) is 0.407. The molecule has 0 atom stereocenters. The van der Waals surface area contributed by atoms with Crippen LogP contribution in [0.5, 0.6) is 0 Å². The fourth-order valence-corrected chi connectivity index (χ4v) is 0.749. The molecule has 0 aromatic rings. The van der Waals surface area contributed by atoms with Crippen molar-refractivity contribution in [2.24, 2.45) is 0 Å². The van der Waals surface area contributed by atoms with Crippen molar-refractivity contribution in [3.63, 3.8) is 0 Å². The molecule has 8 heavy (non-hydrogen) atoms. The highest BCUT2D eigenvalue weighted by Gasteiger charge is 2.06. The van der Waals surface area contributed by atoms with E-state index in [2.05, 4.69) is 36.1 Å². The number of hydrogen-bond donors (Lipinski definition) is 0. The molecular formula is C3H3Br2ClO2. The molecule has 0 saturated carbocycles. The minimum absolute atomic E-state index is 0.0544. The highest BCUT2D eigenvalue weighted by atomic mass is 79.9. The highest BCUT2D eigenvalue weighted by molar-refractivity contribution is 9.24. The average molecular weight is 266 g/mol. The third-order valence-corrected chi connectivity index (χ3v) is 1.23. The lowest BCUT2D eigenvalue weighted by atomic mass is 10.5. The van der Waals surface area contributed by atoms with E-state index >= 15 is 0 Å². The molecule has 0 radical (unpaired) electrons. The topological polar surface area (TPSA) is 26.3 Å². The Bertz CT molecular complexity index is 85.4. The minimum Gasteiger partial charge on any atom is -0.348 e. The Kier molecular flexibility index (Phi) is 5.00. The number of rotatable bonds is 2. The molecule has 5 heteroatoms. The van der Waals surface area contributed by atoms with Gasteiger partial charge in [0.2, 0.25) is 0 Å². The van der Waals surface area contributed by atoms with Crippen molar-refractivity contribution in [2.45, 2.75) is 10.2 Å². The van der Waals surface area contributed by atoms with E-state index in [0.29, 0.717) is 0 Å². The number of carbonyl (C=O) groups excluding carboxylic acids is 1. The van der Waals surface area contributed by atoms with E-state index in [-0.39, 0.29) is 10.2 Å². The van der Waals surface area contributed by atoms with Crippen molar-refractivity contribution in [2.75, 3.05) is 0 Å². The summed E-state index contributed by atoms with van der Waals surface area (Å²) in [4.78, 5) is 10.2. The van der Waals surface area contributed by atoms with E-state index in [0.717, 1.165) is 0 Å². The SMILES string of the molecule is O=C(CC(Br)Br)OCl. The molecule has 0 aliphatic carbocycles. The number of alkyl halides is 2. The lowest BCUT2D eigenvalue weighted by molar-refractivity contribution is -0.133. The molecule has 0 aliphatic heterocycles.